The summed E-state index contributed by atoms with van der Waals surface area (Å²) in [6, 6.07) is 22.5. The van der Waals surface area contributed by atoms with Gasteiger partial charge in [-0.2, -0.15) is 0 Å². The monoisotopic (exact) mass is 421 g/mol. The molecule has 7 rings (SSSR count). The summed E-state index contributed by atoms with van der Waals surface area (Å²) in [7, 11) is 0. The third-order valence-corrected chi connectivity index (χ3v) is 8.93. The summed E-state index contributed by atoms with van der Waals surface area (Å²) in [5.74, 6) is 0.466. The molecule has 2 atom stereocenters. The zero-order chi connectivity index (χ0) is 20.0. The van der Waals surface area contributed by atoms with Gasteiger partial charge in [0.1, 0.15) is 0 Å². The fraction of sp³-hybridized carbons (Fsp3) is 0.111. The Labute approximate surface area is 182 Å². The van der Waals surface area contributed by atoms with Crippen molar-refractivity contribution in [1.82, 2.24) is 0 Å². The van der Waals surface area contributed by atoms with Crippen LogP contribution in [0.15, 0.2) is 65.6 Å². The van der Waals surface area contributed by atoms with Gasteiger partial charge in [-0.1, -0.05) is 42.0 Å². The van der Waals surface area contributed by atoms with Crippen molar-refractivity contribution in [1.29, 1.82) is 0 Å². The maximum absolute atomic E-state index is 6.01. The van der Waals surface area contributed by atoms with Gasteiger partial charge in [0.2, 0.25) is 0 Å². The average molecular weight is 422 g/mol. The highest BCUT2D eigenvalue weighted by molar-refractivity contribution is 8.00. The quantitative estimate of drug-likeness (QED) is 0.314. The van der Waals surface area contributed by atoms with Crippen LogP contribution in [0.1, 0.15) is 17.0 Å². The number of hydrogen-bond donors (Lipinski definition) is 1. The van der Waals surface area contributed by atoms with Crippen molar-refractivity contribution in [3.05, 3.63) is 82.2 Å². The van der Waals surface area contributed by atoms with Crippen molar-refractivity contribution >= 4 is 71.9 Å². The molecule has 1 aliphatic heterocycles. The fourth-order valence-corrected chi connectivity index (χ4v) is 7.58. The summed E-state index contributed by atoms with van der Waals surface area (Å²) in [5.41, 5.74) is 9.65. The summed E-state index contributed by atoms with van der Waals surface area (Å²) < 4.78 is 2.73. The molecular weight excluding hydrogens is 402 g/mol. The van der Waals surface area contributed by atoms with Crippen LogP contribution < -0.4 is 16.2 Å². The van der Waals surface area contributed by atoms with Gasteiger partial charge < -0.3 is 5.73 Å². The number of aryl methyl sites for hydroxylation is 1. The molecule has 0 radical (unpaired) electrons. The molecule has 1 aliphatic carbocycles. The number of thiophene rings is 1. The number of rotatable bonds is 0. The van der Waals surface area contributed by atoms with Crippen LogP contribution >= 0.6 is 23.1 Å². The van der Waals surface area contributed by atoms with E-state index in [1.807, 2.05) is 29.2 Å². The van der Waals surface area contributed by atoms with Crippen LogP contribution in [-0.2, 0) is 0 Å². The van der Waals surface area contributed by atoms with Crippen molar-refractivity contribution in [3.8, 4) is 0 Å². The highest BCUT2D eigenvalue weighted by atomic mass is 32.2. The molecule has 3 heteroatoms. The van der Waals surface area contributed by atoms with Gasteiger partial charge in [0, 0.05) is 41.9 Å². The molecule has 0 saturated carbocycles. The molecule has 0 spiro atoms. The molecule has 0 amide bonds. The molecule has 4 aromatic carbocycles. The summed E-state index contributed by atoms with van der Waals surface area (Å²) in [5, 5.41) is 8.47. The summed E-state index contributed by atoms with van der Waals surface area (Å²) >= 11 is 3.92. The first-order valence-electron chi connectivity index (χ1n) is 10.3. The number of nitrogen functional groups attached to an aromatic ring is 1. The summed E-state index contributed by atoms with van der Waals surface area (Å²) in [6.07, 6.45) is 4.95. The molecule has 1 aromatic heterocycles. The Hall–Kier alpha value is -2.75. The van der Waals surface area contributed by atoms with Crippen molar-refractivity contribution < 1.29 is 0 Å². The zero-order valence-electron chi connectivity index (χ0n) is 16.5. The molecule has 2 N–H and O–H groups in total. The van der Waals surface area contributed by atoms with E-state index in [9.17, 15) is 0 Å². The molecule has 0 saturated heterocycles. The Morgan fingerprint density at radius 3 is 2.57 bits per heavy atom. The van der Waals surface area contributed by atoms with Gasteiger partial charge in [0.15, 0.2) is 0 Å². The van der Waals surface area contributed by atoms with Crippen molar-refractivity contribution in [3.63, 3.8) is 0 Å². The third-order valence-electron chi connectivity index (χ3n) is 6.51. The van der Waals surface area contributed by atoms with Crippen LogP contribution in [-0.4, -0.2) is 5.25 Å². The highest BCUT2D eigenvalue weighted by Gasteiger charge is 2.32. The van der Waals surface area contributed by atoms with Crippen molar-refractivity contribution in [2.75, 3.05) is 5.73 Å². The van der Waals surface area contributed by atoms with E-state index >= 15 is 0 Å². The molecule has 2 heterocycles. The second-order valence-corrected chi connectivity index (χ2v) is 10.8. The number of anilines is 1. The minimum absolute atomic E-state index is 0.466. The van der Waals surface area contributed by atoms with Gasteiger partial charge in [0.25, 0.3) is 0 Å². The molecule has 1 nitrogen and oxygen atoms in total. The van der Waals surface area contributed by atoms with Gasteiger partial charge in [-0.15, -0.1) is 23.1 Å². The van der Waals surface area contributed by atoms with E-state index in [1.165, 1.54) is 57.4 Å². The maximum Gasteiger partial charge on any atom is 0.0387 e. The lowest BCUT2D eigenvalue weighted by Gasteiger charge is -2.16. The van der Waals surface area contributed by atoms with Gasteiger partial charge >= 0.3 is 0 Å². The minimum Gasteiger partial charge on any atom is -0.399 e. The van der Waals surface area contributed by atoms with Gasteiger partial charge in [-0.05, 0) is 70.1 Å². The van der Waals surface area contributed by atoms with Crippen molar-refractivity contribution in [2.45, 2.75) is 23.0 Å². The number of fused-ring (bicyclic) bond motifs is 8. The van der Waals surface area contributed by atoms with Crippen LogP contribution in [0.4, 0.5) is 5.69 Å². The van der Waals surface area contributed by atoms with Crippen LogP contribution in [0.3, 0.4) is 0 Å². The lowest BCUT2D eigenvalue weighted by Crippen LogP contribution is -2.32. The largest absolute Gasteiger partial charge is 0.399 e. The van der Waals surface area contributed by atoms with E-state index in [-0.39, 0.29) is 0 Å². The van der Waals surface area contributed by atoms with E-state index in [0.29, 0.717) is 11.2 Å². The Balaban J connectivity index is 1.45. The lowest BCUT2D eigenvalue weighted by molar-refractivity contribution is 0.949. The number of benzene rings is 4. The first-order chi connectivity index (χ1) is 14.6. The molecule has 30 heavy (non-hydrogen) atoms. The van der Waals surface area contributed by atoms with Gasteiger partial charge in [-0.3, -0.25) is 0 Å². The molecule has 2 unspecified atom stereocenters. The highest BCUT2D eigenvalue weighted by Crippen LogP contribution is 2.51. The van der Waals surface area contributed by atoms with Gasteiger partial charge in [0.05, 0.1) is 0 Å². The van der Waals surface area contributed by atoms with E-state index in [1.54, 1.807) is 0 Å². The first kappa shape index (κ1) is 17.0. The maximum atomic E-state index is 6.01. The third kappa shape index (κ3) is 2.36. The average Bonchev–Trinajstić information content (AvgIpc) is 3.25. The molecule has 0 bridgehead atoms. The smallest absolute Gasteiger partial charge is 0.0387 e. The zero-order valence-corrected chi connectivity index (χ0v) is 18.1. The summed E-state index contributed by atoms with van der Waals surface area (Å²) in [4.78, 5) is 1.44. The number of thioether (sulfide) groups is 1. The van der Waals surface area contributed by atoms with Crippen LogP contribution in [0.25, 0.3) is 43.1 Å². The molecule has 2 aliphatic rings. The SMILES string of the molecule is Cc1ccc2c(c1)=CC1Sc3cc4c(cc3C1C=2)sc1cc2cc(N)ccc2cc14. The molecular formula is C27H19NS2. The number of nitrogens with two attached hydrogens (primary N) is 1. The van der Waals surface area contributed by atoms with Crippen LogP contribution in [0.2, 0.25) is 0 Å². The predicted octanol–water partition coefficient (Wildman–Crippen LogP) is 5.93. The second-order valence-electron chi connectivity index (χ2n) is 8.52. The van der Waals surface area contributed by atoms with E-state index < -0.39 is 0 Å². The standard InChI is InChI=1S/C27H19NS2/c1-14-2-3-15-8-20-22-12-27-23(13-26(22)29-24(20)10-17(15)6-14)21-9-16-4-5-19(28)7-18(16)11-25(21)30-27/h2-13,20,24H,28H2,1H3. The van der Waals surface area contributed by atoms with Gasteiger partial charge in [-0.25, -0.2) is 0 Å². The first-order valence-corrected chi connectivity index (χ1v) is 12.0. The fourth-order valence-electron chi connectivity index (χ4n) is 5.02. The van der Waals surface area contributed by atoms with E-state index in [2.05, 4.69) is 73.7 Å². The van der Waals surface area contributed by atoms with Crippen LogP contribution in [0, 0.1) is 6.92 Å². The summed E-state index contributed by atoms with van der Waals surface area (Å²) in [6.45, 7) is 2.17. The number of hydrogen-bond acceptors (Lipinski definition) is 3. The molecule has 5 aromatic rings. The Bertz CT molecular complexity index is 1660. The second kappa shape index (κ2) is 5.90. The minimum atomic E-state index is 0.466. The van der Waals surface area contributed by atoms with E-state index in [0.717, 1.165) is 5.69 Å². The molecule has 144 valence electrons. The topological polar surface area (TPSA) is 26.0 Å². The molecule has 0 fully saturated rings. The Kier molecular flexibility index (Phi) is 3.34. The van der Waals surface area contributed by atoms with Crippen LogP contribution in [0.5, 0.6) is 0 Å². The predicted molar refractivity (Wildman–Crippen MR) is 133 cm³/mol. The Morgan fingerprint density at radius 1 is 0.767 bits per heavy atom. The Morgan fingerprint density at radius 2 is 1.63 bits per heavy atom. The lowest BCUT2D eigenvalue weighted by atomic mass is 9.90. The van der Waals surface area contributed by atoms with E-state index in [4.69, 9.17) is 5.73 Å². The van der Waals surface area contributed by atoms with Crippen molar-refractivity contribution in [2.24, 2.45) is 0 Å². The normalized spacial score (nSPS) is 19.4.